The predicted octanol–water partition coefficient (Wildman–Crippen LogP) is 3.50. The van der Waals surface area contributed by atoms with Gasteiger partial charge in [-0.15, -0.1) is 0 Å². The van der Waals surface area contributed by atoms with Gasteiger partial charge in [0.05, 0.1) is 0 Å². The molecule has 0 aliphatic rings. The van der Waals surface area contributed by atoms with E-state index >= 15 is 0 Å². The van der Waals surface area contributed by atoms with Crippen molar-refractivity contribution in [1.82, 2.24) is 4.98 Å². The van der Waals surface area contributed by atoms with E-state index in [-0.39, 0.29) is 6.04 Å². The number of halogens is 1. The second-order valence-electron chi connectivity index (χ2n) is 4.72. The third kappa shape index (κ3) is 3.78. The van der Waals surface area contributed by atoms with Gasteiger partial charge in [0.2, 0.25) is 0 Å². The summed E-state index contributed by atoms with van der Waals surface area (Å²) in [6.07, 6.45) is 1.81. The molecule has 2 rings (SSSR count). The minimum atomic E-state index is 0.0287. The molecule has 0 aliphatic carbocycles. The Morgan fingerprint density at radius 1 is 1.32 bits per heavy atom. The number of rotatable bonds is 4. The van der Waals surface area contributed by atoms with Crippen LogP contribution in [0.2, 0.25) is 0 Å². The molecular formula is C15H18BrN3. The lowest BCUT2D eigenvalue weighted by atomic mass is 10.1. The van der Waals surface area contributed by atoms with Crippen molar-refractivity contribution in [3.8, 4) is 0 Å². The van der Waals surface area contributed by atoms with Crippen LogP contribution in [0, 0.1) is 0 Å². The summed E-state index contributed by atoms with van der Waals surface area (Å²) in [7, 11) is 2.04. The van der Waals surface area contributed by atoms with Crippen molar-refractivity contribution in [2.75, 3.05) is 11.9 Å². The molecule has 1 aromatic heterocycles. The fraction of sp³-hybridized carbons (Fsp3) is 0.267. The van der Waals surface area contributed by atoms with Gasteiger partial charge in [0.25, 0.3) is 0 Å². The van der Waals surface area contributed by atoms with Crippen molar-refractivity contribution in [2.24, 2.45) is 5.73 Å². The molecule has 2 N–H and O–H groups in total. The van der Waals surface area contributed by atoms with Crippen LogP contribution in [-0.4, -0.2) is 12.0 Å². The molecule has 19 heavy (non-hydrogen) atoms. The second-order valence-corrected chi connectivity index (χ2v) is 5.64. The first-order chi connectivity index (χ1) is 9.06. The molecule has 3 nitrogen and oxygen atoms in total. The van der Waals surface area contributed by atoms with Gasteiger partial charge in [0.15, 0.2) is 0 Å². The van der Waals surface area contributed by atoms with Crippen LogP contribution in [-0.2, 0) is 6.54 Å². The highest BCUT2D eigenvalue weighted by atomic mass is 79.9. The van der Waals surface area contributed by atoms with Gasteiger partial charge >= 0.3 is 0 Å². The molecule has 0 saturated heterocycles. The number of nitrogens with zero attached hydrogens (tertiary/aromatic N) is 2. The SMILES string of the molecule is CC(N)c1ccnc(N(C)Cc2cccc(Br)c2)c1. The highest BCUT2D eigenvalue weighted by Gasteiger charge is 2.06. The summed E-state index contributed by atoms with van der Waals surface area (Å²) in [6.45, 7) is 2.79. The van der Waals surface area contributed by atoms with Gasteiger partial charge in [-0.05, 0) is 42.3 Å². The molecule has 0 saturated carbocycles. The molecule has 1 atom stereocenters. The van der Waals surface area contributed by atoms with E-state index in [1.54, 1.807) is 0 Å². The van der Waals surface area contributed by atoms with E-state index < -0.39 is 0 Å². The average molecular weight is 320 g/mol. The minimum Gasteiger partial charge on any atom is -0.355 e. The van der Waals surface area contributed by atoms with Crippen LogP contribution >= 0.6 is 15.9 Å². The Kier molecular flexibility index (Phi) is 4.56. The van der Waals surface area contributed by atoms with E-state index in [0.717, 1.165) is 22.4 Å². The van der Waals surface area contributed by atoms with Gasteiger partial charge < -0.3 is 10.6 Å². The zero-order chi connectivity index (χ0) is 13.8. The molecule has 0 fully saturated rings. The van der Waals surface area contributed by atoms with Gasteiger partial charge in [0, 0.05) is 30.3 Å². The third-order valence-electron chi connectivity index (χ3n) is 3.00. The lowest BCUT2D eigenvalue weighted by molar-refractivity contribution is 0.809. The largest absolute Gasteiger partial charge is 0.355 e. The fourth-order valence-corrected chi connectivity index (χ4v) is 2.36. The van der Waals surface area contributed by atoms with Crippen molar-refractivity contribution in [2.45, 2.75) is 19.5 Å². The fourth-order valence-electron chi connectivity index (χ4n) is 1.92. The van der Waals surface area contributed by atoms with Crippen molar-refractivity contribution in [3.05, 3.63) is 58.2 Å². The maximum atomic E-state index is 5.90. The van der Waals surface area contributed by atoms with Crippen molar-refractivity contribution in [1.29, 1.82) is 0 Å². The first-order valence-corrected chi connectivity index (χ1v) is 7.02. The van der Waals surface area contributed by atoms with Crippen LogP contribution in [0.25, 0.3) is 0 Å². The van der Waals surface area contributed by atoms with Crippen LogP contribution in [0.4, 0.5) is 5.82 Å². The number of hydrogen-bond donors (Lipinski definition) is 1. The molecule has 0 aliphatic heterocycles. The molecule has 100 valence electrons. The topological polar surface area (TPSA) is 42.1 Å². The van der Waals surface area contributed by atoms with Gasteiger partial charge in [-0.1, -0.05) is 28.1 Å². The number of nitrogens with two attached hydrogens (primary N) is 1. The summed E-state index contributed by atoms with van der Waals surface area (Å²) in [5.74, 6) is 0.940. The number of benzene rings is 1. The molecule has 0 bridgehead atoms. The van der Waals surface area contributed by atoms with Crippen LogP contribution < -0.4 is 10.6 Å². The van der Waals surface area contributed by atoms with E-state index in [1.165, 1.54) is 5.56 Å². The van der Waals surface area contributed by atoms with Crippen LogP contribution in [0.3, 0.4) is 0 Å². The second kappa shape index (κ2) is 6.17. The summed E-state index contributed by atoms with van der Waals surface area (Å²) < 4.78 is 1.09. The van der Waals surface area contributed by atoms with E-state index in [9.17, 15) is 0 Å². The van der Waals surface area contributed by atoms with E-state index in [0.29, 0.717) is 0 Å². The van der Waals surface area contributed by atoms with E-state index in [4.69, 9.17) is 5.73 Å². The van der Waals surface area contributed by atoms with Crippen LogP contribution in [0.5, 0.6) is 0 Å². The lowest BCUT2D eigenvalue weighted by Gasteiger charge is -2.19. The third-order valence-corrected chi connectivity index (χ3v) is 3.49. The van der Waals surface area contributed by atoms with E-state index in [2.05, 4.69) is 37.9 Å². The van der Waals surface area contributed by atoms with Gasteiger partial charge in [0.1, 0.15) is 5.82 Å². The summed E-state index contributed by atoms with van der Waals surface area (Å²) in [5.41, 5.74) is 8.25. The van der Waals surface area contributed by atoms with Crippen LogP contribution in [0.15, 0.2) is 47.1 Å². The standard InChI is InChI=1S/C15H18BrN3/c1-11(17)13-6-7-18-15(9-13)19(2)10-12-4-3-5-14(16)8-12/h3-9,11H,10,17H2,1-2H3. The number of pyridine rings is 1. The molecule has 0 radical (unpaired) electrons. The monoisotopic (exact) mass is 319 g/mol. The summed E-state index contributed by atoms with van der Waals surface area (Å²) in [6, 6.07) is 12.3. The molecule has 2 aromatic rings. The Labute approximate surface area is 122 Å². The summed E-state index contributed by atoms with van der Waals surface area (Å²) in [5, 5.41) is 0. The molecule has 0 amide bonds. The zero-order valence-electron chi connectivity index (χ0n) is 11.2. The molecule has 0 spiro atoms. The number of hydrogen-bond acceptors (Lipinski definition) is 3. The zero-order valence-corrected chi connectivity index (χ0v) is 12.8. The maximum absolute atomic E-state index is 5.90. The van der Waals surface area contributed by atoms with Crippen molar-refractivity contribution >= 4 is 21.7 Å². The molecular weight excluding hydrogens is 302 g/mol. The normalized spacial score (nSPS) is 12.2. The number of aromatic nitrogens is 1. The Balaban J connectivity index is 2.15. The average Bonchev–Trinajstić information content (AvgIpc) is 2.39. The first-order valence-electron chi connectivity index (χ1n) is 6.23. The van der Waals surface area contributed by atoms with Gasteiger partial charge in [-0.3, -0.25) is 0 Å². The van der Waals surface area contributed by atoms with Gasteiger partial charge in [-0.2, -0.15) is 0 Å². The highest BCUT2D eigenvalue weighted by Crippen LogP contribution is 2.19. The lowest BCUT2D eigenvalue weighted by Crippen LogP contribution is -2.18. The smallest absolute Gasteiger partial charge is 0.128 e. The Morgan fingerprint density at radius 2 is 2.11 bits per heavy atom. The Morgan fingerprint density at radius 3 is 2.79 bits per heavy atom. The number of anilines is 1. The highest BCUT2D eigenvalue weighted by molar-refractivity contribution is 9.10. The molecule has 1 aromatic carbocycles. The maximum Gasteiger partial charge on any atom is 0.128 e. The summed E-state index contributed by atoms with van der Waals surface area (Å²) >= 11 is 3.49. The quantitative estimate of drug-likeness (QED) is 0.937. The summed E-state index contributed by atoms with van der Waals surface area (Å²) in [4.78, 5) is 6.52. The molecule has 4 heteroatoms. The van der Waals surface area contributed by atoms with Gasteiger partial charge in [-0.25, -0.2) is 4.98 Å². The van der Waals surface area contributed by atoms with Crippen molar-refractivity contribution in [3.63, 3.8) is 0 Å². The van der Waals surface area contributed by atoms with Crippen LogP contribution in [0.1, 0.15) is 24.1 Å². The van der Waals surface area contributed by atoms with Crippen molar-refractivity contribution < 1.29 is 0 Å². The molecule has 1 unspecified atom stereocenters. The Hall–Kier alpha value is -1.39. The minimum absolute atomic E-state index is 0.0287. The van der Waals surface area contributed by atoms with E-state index in [1.807, 2.05) is 44.4 Å². The molecule has 1 heterocycles. The Bertz CT molecular complexity index is 555. The first kappa shape index (κ1) is 14.0. The predicted molar refractivity (Wildman–Crippen MR) is 83.1 cm³/mol.